The molecule has 0 aliphatic rings. The van der Waals surface area contributed by atoms with Crippen molar-refractivity contribution in [1.82, 2.24) is 0 Å². The van der Waals surface area contributed by atoms with Crippen molar-refractivity contribution in [2.24, 2.45) is 5.73 Å². The molecule has 1 unspecified atom stereocenters. The molecule has 0 saturated heterocycles. The summed E-state index contributed by atoms with van der Waals surface area (Å²) in [5.41, 5.74) is 10.1. The second kappa shape index (κ2) is 10.9. The molecule has 25 heavy (non-hydrogen) atoms. The zero-order valence-corrected chi connectivity index (χ0v) is 15.8. The maximum Gasteiger partial charge on any atom is 0.119 e. The molecule has 0 amide bonds. The number of hydrogen-bond acceptors (Lipinski definition) is 2. The third-order valence-corrected chi connectivity index (χ3v) is 4.82. The molecule has 2 nitrogen and oxygen atoms in total. The average molecular weight is 340 g/mol. The summed E-state index contributed by atoms with van der Waals surface area (Å²) in [6, 6.07) is 17.4. The zero-order chi connectivity index (χ0) is 17.9. The Morgan fingerprint density at radius 3 is 2.12 bits per heavy atom. The molecule has 2 rings (SSSR count). The Kier molecular flexibility index (Phi) is 8.54. The molecule has 0 fully saturated rings. The Labute approximate surface area is 153 Å². The minimum absolute atomic E-state index is 0.367. The molecule has 0 aliphatic carbocycles. The van der Waals surface area contributed by atoms with Crippen molar-refractivity contribution in [2.75, 3.05) is 13.2 Å². The van der Waals surface area contributed by atoms with Crippen LogP contribution in [0.5, 0.6) is 5.75 Å². The standard InChI is InChI=1S/C23H33NO/c1-3-5-6-7-16-25-23-14-10-20(11-15-23)17-22(18-24)21-12-8-19(4-2)9-13-21/h8-15,22H,3-7,16-18,24H2,1-2H3. The van der Waals surface area contributed by atoms with Crippen LogP contribution in [-0.4, -0.2) is 13.2 Å². The summed E-state index contributed by atoms with van der Waals surface area (Å²) in [4.78, 5) is 0. The predicted octanol–water partition coefficient (Wildman–Crippen LogP) is 5.49. The van der Waals surface area contributed by atoms with E-state index in [4.69, 9.17) is 10.5 Å². The van der Waals surface area contributed by atoms with Crippen LogP contribution in [0.4, 0.5) is 0 Å². The Bertz CT molecular complexity index is 588. The minimum atomic E-state index is 0.367. The minimum Gasteiger partial charge on any atom is -0.494 e. The van der Waals surface area contributed by atoms with Crippen LogP contribution in [0.2, 0.25) is 0 Å². The fraction of sp³-hybridized carbons (Fsp3) is 0.478. The first-order valence-electron chi connectivity index (χ1n) is 9.77. The molecule has 0 aromatic heterocycles. The summed E-state index contributed by atoms with van der Waals surface area (Å²) < 4.78 is 5.82. The molecule has 0 radical (unpaired) electrons. The molecule has 2 aromatic rings. The van der Waals surface area contributed by atoms with Gasteiger partial charge in [-0.05, 0) is 54.6 Å². The number of rotatable bonds is 11. The van der Waals surface area contributed by atoms with E-state index in [1.165, 1.54) is 36.0 Å². The quantitative estimate of drug-likeness (QED) is 0.549. The van der Waals surface area contributed by atoms with Crippen molar-refractivity contribution in [3.8, 4) is 5.75 Å². The van der Waals surface area contributed by atoms with E-state index in [0.29, 0.717) is 12.5 Å². The topological polar surface area (TPSA) is 35.2 Å². The van der Waals surface area contributed by atoms with E-state index < -0.39 is 0 Å². The SMILES string of the molecule is CCCCCCOc1ccc(CC(CN)c2ccc(CC)cc2)cc1. The lowest BCUT2D eigenvalue weighted by Crippen LogP contribution is -2.15. The molecular formula is C23H33NO. The molecule has 2 heteroatoms. The number of nitrogens with two attached hydrogens (primary N) is 1. The van der Waals surface area contributed by atoms with Crippen molar-refractivity contribution in [3.63, 3.8) is 0 Å². The highest BCUT2D eigenvalue weighted by Gasteiger charge is 2.11. The Hall–Kier alpha value is -1.80. The van der Waals surface area contributed by atoms with Crippen LogP contribution < -0.4 is 10.5 Å². The molecule has 0 heterocycles. The van der Waals surface area contributed by atoms with Crippen LogP contribution in [0, 0.1) is 0 Å². The summed E-state index contributed by atoms with van der Waals surface area (Å²) in [5, 5.41) is 0. The highest BCUT2D eigenvalue weighted by Crippen LogP contribution is 2.22. The summed E-state index contributed by atoms with van der Waals surface area (Å²) in [6.07, 6.45) is 6.99. The molecule has 1 atom stereocenters. The maximum atomic E-state index is 6.03. The molecule has 0 aliphatic heterocycles. The maximum absolute atomic E-state index is 6.03. The van der Waals surface area contributed by atoms with Crippen molar-refractivity contribution in [1.29, 1.82) is 0 Å². The number of benzene rings is 2. The summed E-state index contributed by atoms with van der Waals surface area (Å²) in [5.74, 6) is 1.34. The number of aryl methyl sites for hydroxylation is 1. The van der Waals surface area contributed by atoms with E-state index in [-0.39, 0.29) is 0 Å². The first-order chi connectivity index (χ1) is 12.3. The van der Waals surface area contributed by atoms with Gasteiger partial charge in [-0.1, -0.05) is 69.5 Å². The largest absolute Gasteiger partial charge is 0.494 e. The van der Waals surface area contributed by atoms with Crippen molar-refractivity contribution >= 4 is 0 Å². The highest BCUT2D eigenvalue weighted by molar-refractivity contribution is 5.31. The van der Waals surface area contributed by atoms with Crippen molar-refractivity contribution < 1.29 is 4.74 Å². The van der Waals surface area contributed by atoms with Gasteiger partial charge in [0, 0.05) is 5.92 Å². The summed E-state index contributed by atoms with van der Waals surface area (Å²) >= 11 is 0. The van der Waals surface area contributed by atoms with Gasteiger partial charge in [-0.15, -0.1) is 0 Å². The Morgan fingerprint density at radius 2 is 1.52 bits per heavy atom. The van der Waals surface area contributed by atoms with Gasteiger partial charge in [-0.3, -0.25) is 0 Å². The first-order valence-corrected chi connectivity index (χ1v) is 9.77. The zero-order valence-electron chi connectivity index (χ0n) is 15.8. The third-order valence-electron chi connectivity index (χ3n) is 4.82. The van der Waals surface area contributed by atoms with Gasteiger partial charge in [0.25, 0.3) is 0 Å². The second-order valence-electron chi connectivity index (χ2n) is 6.78. The fourth-order valence-corrected chi connectivity index (χ4v) is 3.09. The lowest BCUT2D eigenvalue weighted by Gasteiger charge is -2.16. The highest BCUT2D eigenvalue weighted by atomic mass is 16.5. The van der Waals surface area contributed by atoms with Gasteiger partial charge in [0.15, 0.2) is 0 Å². The second-order valence-corrected chi connectivity index (χ2v) is 6.78. The molecule has 0 spiro atoms. The predicted molar refractivity (Wildman–Crippen MR) is 107 cm³/mol. The van der Waals surface area contributed by atoms with Crippen LogP contribution in [-0.2, 0) is 12.8 Å². The van der Waals surface area contributed by atoms with E-state index in [0.717, 1.165) is 31.6 Å². The Balaban J connectivity index is 1.87. The van der Waals surface area contributed by atoms with Gasteiger partial charge < -0.3 is 10.5 Å². The molecule has 2 N–H and O–H groups in total. The third kappa shape index (κ3) is 6.55. The molecular weight excluding hydrogens is 306 g/mol. The van der Waals surface area contributed by atoms with Gasteiger partial charge in [-0.25, -0.2) is 0 Å². The van der Waals surface area contributed by atoms with Crippen molar-refractivity contribution in [3.05, 3.63) is 65.2 Å². The lowest BCUT2D eigenvalue weighted by molar-refractivity contribution is 0.305. The molecule has 136 valence electrons. The van der Waals surface area contributed by atoms with Gasteiger partial charge in [0.2, 0.25) is 0 Å². The monoisotopic (exact) mass is 339 g/mol. The first kappa shape index (κ1) is 19.5. The average Bonchev–Trinajstić information content (AvgIpc) is 2.67. The van der Waals surface area contributed by atoms with E-state index >= 15 is 0 Å². The summed E-state index contributed by atoms with van der Waals surface area (Å²) in [7, 11) is 0. The van der Waals surface area contributed by atoms with Crippen LogP contribution in [0.15, 0.2) is 48.5 Å². The number of hydrogen-bond donors (Lipinski definition) is 1. The normalized spacial score (nSPS) is 12.1. The molecule has 0 bridgehead atoms. The van der Waals surface area contributed by atoms with Gasteiger partial charge in [0.05, 0.1) is 6.61 Å². The van der Waals surface area contributed by atoms with Crippen LogP contribution in [0.1, 0.15) is 62.1 Å². The summed E-state index contributed by atoms with van der Waals surface area (Å²) in [6.45, 7) is 5.89. The fourth-order valence-electron chi connectivity index (χ4n) is 3.09. The smallest absolute Gasteiger partial charge is 0.119 e. The van der Waals surface area contributed by atoms with Gasteiger partial charge >= 0.3 is 0 Å². The van der Waals surface area contributed by atoms with Gasteiger partial charge in [0.1, 0.15) is 5.75 Å². The van der Waals surface area contributed by atoms with E-state index in [1.807, 2.05) is 0 Å². The molecule has 0 saturated carbocycles. The van der Waals surface area contributed by atoms with E-state index in [9.17, 15) is 0 Å². The Morgan fingerprint density at radius 1 is 0.840 bits per heavy atom. The van der Waals surface area contributed by atoms with Crippen molar-refractivity contribution in [2.45, 2.75) is 58.3 Å². The van der Waals surface area contributed by atoms with Crippen LogP contribution >= 0.6 is 0 Å². The van der Waals surface area contributed by atoms with E-state index in [1.54, 1.807) is 0 Å². The molecule has 2 aromatic carbocycles. The van der Waals surface area contributed by atoms with Crippen LogP contribution in [0.3, 0.4) is 0 Å². The van der Waals surface area contributed by atoms with E-state index in [2.05, 4.69) is 62.4 Å². The number of unbranched alkanes of at least 4 members (excludes halogenated alkanes) is 3. The number of ether oxygens (including phenoxy) is 1. The van der Waals surface area contributed by atoms with Crippen LogP contribution in [0.25, 0.3) is 0 Å². The lowest BCUT2D eigenvalue weighted by atomic mass is 9.91. The van der Waals surface area contributed by atoms with Gasteiger partial charge in [-0.2, -0.15) is 0 Å².